The number of carbonyl (C=O) groups is 3. The lowest BCUT2D eigenvalue weighted by Crippen LogP contribution is -2.50. The molecule has 35 heavy (non-hydrogen) atoms. The van der Waals surface area contributed by atoms with E-state index in [0.717, 1.165) is 18.4 Å². The van der Waals surface area contributed by atoms with Gasteiger partial charge in [0, 0.05) is 31.4 Å². The lowest BCUT2D eigenvalue weighted by Gasteiger charge is -2.35. The molecular weight excluding hydrogens is 452 g/mol. The lowest BCUT2D eigenvalue weighted by molar-refractivity contribution is -0.139. The minimum Gasteiger partial charge on any atom is -0.497 e. The largest absolute Gasteiger partial charge is 0.497 e. The molecule has 2 aliphatic rings. The van der Waals surface area contributed by atoms with E-state index >= 15 is 0 Å². The Hall–Kier alpha value is -3.27. The number of hydrogen-bond acceptors (Lipinski definition) is 7. The molecular formula is C25H36N4O6. The first kappa shape index (κ1) is 26.3. The van der Waals surface area contributed by atoms with Gasteiger partial charge in [-0.15, -0.1) is 0 Å². The van der Waals surface area contributed by atoms with Gasteiger partial charge in [-0.3, -0.25) is 4.90 Å². The lowest BCUT2D eigenvalue weighted by atomic mass is 9.94. The van der Waals surface area contributed by atoms with Crippen LogP contribution in [0.1, 0.15) is 52.1 Å². The van der Waals surface area contributed by atoms with E-state index in [1.54, 1.807) is 26.2 Å². The zero-order chi connectivity index (χ0) is 25.6. The van der Waals surface area contributed by atoms with Crippen LogP contribution in [-0.2, 0) is 14.3 Å². The van der Waals surface area contributed by atoms with Crippen LogP contribution < -0.4 is 20.7 Å². The summed E-state index contributed by atoms with van der Waals surface area (Å²) in [4.78, 5) is 39.8. The highest BCUT2D eigenvalue weighted by Gasteiger charge is 2.35. The van der Waals surface area contributed by atoms with Crippen molar-refractivity contribution in [2.24, 2.45) is 0 Å². The molecule has 1 aromatic carbocycles. The summed E-state index contributed by atoms with van der Waals surface area (Å²) in [6.07, 6.45) is 1.04. The van der Waals surface area contributed by atoms with Gasteiger partial charge in [-0.25, -0.2) is 14.4 Å². The van der Waals surface area contributed by atoms with Gasteiger partial charge in [-0.1, -0.05) is 12.1 Å². The molecule has 10 nitrogen and oxygen atoms in total. The predicted octanol–water partition coefficient (Wildman–Crippen LogP) is 2.86. The van der Waals surface area contributed by atoms with Crippen molar-refractivity contribution in [3.05, 3.63) is 41.1 Å². The predicted molar refractivity (Wildman–Crippen MR) is 130 cm³/mol. The maximum atomic E-state index is 13.0. The average molecular weight is 489 g/mol. The van der Waals surface area contributed by atoms with Crippen molar-refractivity contribution < 1.29 is 28.6 Å². The molecule has 2 heterocycles. The summed E-state index contributed by atoms with van der Waals surface area (Å²) in [7, 11) is 1.56. The Labute approximate surface area is 206 Å². The number of nitrogens with one attached hydrogen (secondary N) is 3. The molecule has 0 bridgehead atoms. The van der Waals surface area contributed by atoms with Crippen molar-refractivity contribution in [1.82, 2.24) is 20.9 Å². The molecule has 0 aliphatic carbocycles. The van der Waals surface area contributed by atoms with Gasteiger partial charge in [-0.05, 0) is 58.2 Å². The van der Waals surface area contributed by atoms with Crippen molar-refractivity contribution >= 4 is 18.1 Å². The molecule has 0 radical (unpaired) electrons. The second-order valence-corrected chi connectivity index (χ2v) is 9.62. The van der Waals surface area contributed by atoms with Crippen LogP contribution in [0.25, 0.3) is 0 Å². The van der Waals surface area contributed by atoms with Crippen LogP contribution in [0.4, 0.5) is 9.59 Å². The van der Waals surface area contributed by atoms with Gasteiger partial charge >= 0.3 is 18.1 Å². The standard InChI is InChI=1S/C25H36N4O6/c1-6-34-22(30)20-19(27-23(31)28-21(20)16-8-7-9-18(14-16)33-5)15-29-12-10-17(11-13-29)26-24(32)35-25(2,3)4/h7-9,14,17,21H,6,10-13,15H2,1-5H3,(H,26,32)(H2,27,28,31)/t21-/m0/s1. The van der Waals surface area contributed by atoms with Crippen molar-refractivity contribution in [3.63, 3.8) is 0 Å². The number of rotatable bonds is 7. The molecule has 3 rings (SSSR count). The summed E-state index contributed by atoms with van der Waals surface area (Å²) in [5.74, 6) is 0.142. The van der Waals surface area contributed by atoms with Crippen molar-refractivity contribution in [2.45, 2.75) is 58.2 Å². The van der Waals surface area contributed by atoms with Crippen molar-refractivity contribution in [3.8, 4) is 5.75 Å². The van der Waals surface area contributed by atoms with Crippen molar-refractivity contribution in [1.29, 1.82) is 0 Å². The van der Waals surface area contributed by atoms with Gasteiger partial charge in [0.05, 0.1) is 25.3 Å². The van der Waals surface area contributed by atoms with Crippen molar-refractivity contribution in [2.75, 3.05) is 33.4 Å². The highest BCUT2D eigenvalue weighted by atomic mass is 16.6. The number of carbonyl (C=O) groups excluding carboxylic acids is 3. The molecule has 1 aromatic rings. The van der Waals surface area contributed by atoms with E-state index in [0.29, 0.717) is 36.7 Å². The normalized spacial score (nSPS) is 19.5. The Balaban J connectivity index is 1.75. The maximum absolute atomic E-state index is 13.0. The minimum absolute atomic E-state index is 0.00625. The molecule has 0 unspecified atom stereocenters. The van der Waals surface area contributed by atoms with E-state index in [2.05, 4.69) is 20.9 Å². The highest BCUT2D eigenvalue weighted by molar-refractivity contribution is 5.95. The Morgan fingerprint density at radius 2 is 1.91 bits per heavy atom. The summed E-state index contributed by atoms with van der Waals surface area (Å²) in [5, 5.41) is 8.58. The maximum Gasteiger partial charge on any atom is 0.407 e. The second kappa shape index (κ2) is 11.4. The van der Waals surface area contributed by atoms with E-state index in [9.17, 15) is 14.4 Å². The molecule has 1 fully saturated rings. The average Bonchev–Trinajstić information content (AvgIpc) is 2.79. The fourth-order valence-corrected chi connectivity index (χ4v) is 4.20. The third-order valence-electron chi connectivity index (χ3n) is 5.77. The van der Waals surface area contributed by atoms with Crippen LogP contribution in [0.2, 0.25) is 0 Å². The Kier molecular flexibility index (Phi) is 8.61. The van der Waals surface area contributed by atoms with E-state index < -0.39 is 23.7 Å². The van der Waals surface area contributed by atoms with Gasteiger partial charge in [-0.2, -0.15) is 0 Å². The molecule has 0 spiro atoms. The number of alkyl carbamates (subject to hydrolysis) is 1. The van der Waals surface area contributed by atoms with Gasteiger partial charge in [0.25, 0.3) is 0 Å². The molecule has 2 aliphatic heterocycles. The van der Waals surface area contributed by atoms with E-state index in [4.69, 9.17) is 14.2 Å². The minimum atomic E-state index is -0.667. The van der Waals surface area contributed by atoms with Crippen LogP contribution in [0.5, 0.6) is 5.75 Å². The number of nitrogens with zero attached hydrogens (tertiary/aromatic N) is 1. The monoisotopic (exact) mass is 488 g/mol. The number of piperidine rings is 1. The van der Waals surface area contributed by atoms with Gasteiger partial charge in [0.15, 0.2) is 0 Å². The summed E-state index contributed by atoms with van der Waals surface area (Å²) < 4.78 is 16.0. The van der Waals surface area contributed by atoms with Gasteiger partial charge in [0.1, 0.15) is 11.4 Å². The zero-order valence-electron chi connectivity index (χ0n) is 21.1. The second-order valence-electron chi connectivity index (χ2n) is 9.62. The Morgan fingerprint density at radius 1 is 1.20 bits per heavy atom. The first-order chi connectivity index (χ1) is 16.6. The van der Waals surface area contributed by atoms with E-state index in [1.807, 2.05) is 32.9 Å². The molecule has 1 atom stereocenters. The summed E-state index contributed by atoms with van der Waals surface area (Å²) in [5.41, 5.74) is 1.06. The highest BCUT2D eigenvalue weighted by Crippen LogP contribution is 2.30. The Morgan fingerprint density at radius 3 is 2.54 bits per heavy atom. The molecule has 192 valence electrons. The Bertz CT molecular complexity index is 963. The van der Waals surface area contributed by atoms with Crippen LogP contribution in [0.3, 0.4) is 0 Å². The van der Waals surface area contributed by atoms with Crippen LogP contribution in [0, 0.1) is 0 Å². The number of urea groups is 1. The first-order valence-corrected chi connectivity index (χ1v) is 11.9. The molecule has 10 heteroatoms. The number of esters is 1. The first-order valence-electron chi connectivity index (χ1n) is 11.9. The fourth-order valence-electron chi connectivity index (χ4n) is 4.20. The number of benzene rings is 1. The molecule has 1 saturated heterocycles. The molecule has 3 amide bonds. The smallest absolute Gasteiger partial charge is 0.407 e. The molecule has 0 saturated carbocycles. The van der Waals surface area contributed by atoms with Crippen LogP contribution >= 0.6 is 0 Å². The third-order valence-corrected chi connectivity index (χ3v) is 5.77. The number of amides is 3. The quantitative estimate of drug-likeness (QED) is 0.505. The molecule has 3 N–H and O–H groups in total. The van der Waals surface area contributed by atoms with E-state index in [-0.39, 0.29) is 18.7 Å². The number of ether oxygens (including phenoxy) is 3. The van der Waals surface area contributed by atoms with Crippen LogP contribution in [-0.4, -0.2) is 68.0 Å². The molecule has 0 aromatic heterocycles. The number of methoxy groups -OCH3 is 1. The third kappa shape index (κ3) is 7.35. The topological polar surface area (TPSA) is 118 Å². The van der Waals surface area contributed by atoms with Gasteiger partial charge < -0.3 is 30.2 Å². The van der Waals surface area contributed by atoms with Gasteiger partial charge in [0.2, 0.25) is 0 Å². The zero-order valence-corrected chi connectivity index (χ0v) is 21.1. The fraction of sp³-hybridized carbons (Fsp3) is 0.560. The SMILES string of the molecule is CCOC(=O)C1=C(CN2CCC(NC(=O)OC(C)(C)C)CC2)NC(=O)N[C@H]1c1cccc(OC)c1. The summed E-state index contributed by atoms with van der Waals surface area (Å²) in [6.45, 7) is 9.20. The van der Waals surface area contributed by atoms with E-state index in [1.165, 1.54) is 0 Å². The number of likely N-dealkylation sites (tertiary alicyclic amines) is 1. The number of hydrogen-bond donors (Lipinski definition) is 3. The summed E-state index contributed by atoms with van der Waals surface area (Å²) in [6, 6.07) is 6.20. The summed E-state index contributed by atoms with van der Waals surface area (Å²) >= 11 is 0. The van der Waals surface area contributed by atoms with Crippen LogP contribution in [0.15, 0.2) is 35.5 Å².